The van der Waals surface area contributed by atoms with E-state index in [0.717, 1.165) is 11.1 Å². The van der Waals surface area contributed by atoms with Crippen LogP contribution in [0, 0.1) is 12.7 Å². The van der Waals surface area contributed by atoms with Gasteiger partial charge in [-0.2, -0.15) is 0 Å². The van der Waals surface area contributed by atoms with Gasteiger partial charge in [-0.25, -0.2) is 12.8 Å². The number of hydrogen-bond donors (Lipinski definition) is 2. The molecule has 1 fully saturated rings. The van der Waals surface area contributed by atoms with Gasteiger partial charge in [-0.15, -0.1) is 0 Å². The lowest BCUT2D eigenvalue weighted by Crippen LogP contribution is -2.44. The first kappa shape index (κ1) is 23.9. The highest BCUT2D eigenvalue weighted by Crippen LogP contribution is 2.34. The van der Waals surface area contributed by atoms with Crippen LogP contribution in [0.2, 0.25) is 0 Å². The molecule has 0 bridgehead atoms. The summed E-state index contributed by atoms with van der Waals surface area (Å²) in [4.78, 5) is 13.0. The second-order valence-electron chi connectivity index (χ2n) is 8.58. The normalized spacial score (nSPS) is 15.5. The summed E-state index contributed by atoms with van der Waals surface area (Å²) in [6, 6.07) is 19.3. The fourth-order valence-corrected chi connectivity index (χ4v) is 5.23. The molecule has 178 valence electrons. The van der Waals surface area contributed by atoms with Crippen LogP contribution in [-0.2, 0) is 20.2 Å². The van der Waals surface area contributed by atoms with Crippen molar-refractivity contribution in [3.63, 3.8) is 0 Å². The van der Waals surface area contributed by atoms with Crippen molar-refractivity contribution in [2.24, 2.45) is 0 Å². The Bertz CT molecular complexity index is 1250. The molecule has 0 radical (unpaired) electrons. The van der Waals surface area contributed by atoms with E-state index in [0.29, 0.717) is 38.3 Å². The van der Waals surface area contributed by atoms with Crippen LogP contribution in [-0.4, -0.2) is 34.1 Å². The standard InChI is InChI=1S/C26H27FN2O4S/c1-19-5-11-23(12-6-19)29-34(31,32)24-4-2-3-20(17-24)25(30)28-18-26(13-15-33-16-14-26)21-7-9-22(27)10-8-21/h2-12,17,29H,13-16,18H2,1H3,(H,28,30). The Morgan fingerprint density at radius 1 is 1.00 bits per heavy atom. The van der Waals surface area contributed by atoms with Crippen molar-refractivity contribution in [1.82, 2.24) is 5.32 Å². The highest BCUT2D eigenvalue weighted by atomic mass is 32.2. The smallest absolute Gasteiger partial charge is 0.261 e. The molecule has 1 aliphatic rings. The lowest BCUT2D eigenvalue weighted by atomic mass is 9.74. The summed E-state index contributed by atoms with van der Waals surface area (Å²) in [6.45, 7) is 3.34. The Labute approximate surface area is 199 Å². The zero-order valence-electron chi connectivity index (χ0n) is 18.9. The van der Waals surface area contributed by atoms with Gasteiger partial charge in [-0.3, -0.25) is 9.52 Å². The molecule has 1 amide bonds. The number of nitrogens with one attached hydrogen (secondary N) is 2. The summed E-state index contributed by atoms with van der Waals surface area (Å²) in [5.74, 6) is -0.687. The maximum absolute atomic E-state index is 13.5. The third kappa shape index (κ3) is 5.46. The Morgan fingerprint density at radius 3 is 2.35 bits per heavy atom. The zero-order chi connectivity index (χ0) is 24.2. The minimum Gasteiger partial charge on any atom is -0.381 e. The maximum Gasteiger partial charge on any atom is 0.261 e. The number of rotatable bonds is 7. The number of carbonyl (C=O) groups is 1. The fraction of sp³-hybridized carbons (Fsp3) is 0.269. The lowest BCUT2D eigenvalue weighted by molar-refractivity contribution is 0.0487. The maximum atomic E-state index is 13.5. The zero-order valence-corrected chi connectivity index (χ0v) is 19.7. The van der Waals surface area contributed by atoms with Crippen LogP contribution in [0.4, 0.5) is 10.1 Å². The SMILES string of the molecule is Cc1ccc(NS(=O)(=O)c2cccc(C(=O)NCC3(c4ccc(F)cc4)CCOCC3)c2)cc1. The number of aryl methyl sites for hydroxylation is 1. The highest BCUT2D eigenvalue weighted by Gasteiger charge is 2.35. The summed E-state index contributed by atoms with van der Waals surface area (Å²) >= 11 is 0. The van der Waals surface area contributed by atoms with Gasteiger partial charge in [0.2, 0.25) is 0 Å². The Hall–Kier alpha value is -3.23. The van der Waals surface area contributed by atoms with Gasteiger partial charge >= 0.3 is 0 Å². The summed E-state index contributed by atoms with van der Waals surface area (Å²) in [6.07, 6.45) is 1.38. The molecule has 1 heterocycles. The van der Waals surface area contributed by atoms with E-state index in [4.69, 9.17) is 4.74 Å². The second-order valence-corrected chi connectivity index (χ2v) is 10.3. The molecule has 0 aliphatic carbocycles. The van der Waals surface area contributed by atoms with Crippen LogP contribution in [0.3, 0.4) is 0 Å². The predicted molar refractivity (Wildman–Crippen MR) is 129 cm³/mol. The summed E-state index contributed by atoms with van der Waals surface area (Å²) in [5, 5.41) is 2.95. The van der Waals surface area contributed by atoms with Crippen LogP contribution in [0.25, 0.3) is 0 Å². The van der Waals surface area contributed by atoms with E-state index in [1.165, 1.54) is 24.3 Å². The summed E-state index contributed by atoms with van der Waals surface area (Å²) in [5.41, 5.74) is 2.27. The van der Waals surface area contributed by atoms with Crippen molar-refractivity contribution < 1.29 is 22.3 Å². The monoisotopic (exact) mass is 482 g/mol. The molecule has 6 nitrogen and oxygen atoms in total. The average Bonchev–Trinajstić information content (AvgIpc) is 2.85. The third-order valence-corrected chi connectivity index (χ3v) is 7.58. The predicted octanol–water partition coefficient (Wildman–Crippen LogP) is 4.41. The van der Waals surface area contributed by atoms with Gasteiger partial charge in [-0.1, -0.05) is 35.9 Å². The molecular weight excluding hydrogens is 455 g/mol. The average molecular weight is 483 g/mol. The van der Waals surface area contributed by atoms with Crippen LogP contribution in [0.1, 0.15) is 34.3 Å². The largest absolute Gasteiger partial charge is 0.381 e. The van der Waals surface area contributed by atoms with Gasteiger partial charge in [-0.05, 0) is 67.8 Å². The van der Waals surface area contributed by atoms with E-state index < -0.39 is 10.0 Å². The van der Waals surface area contributed by atoms with E-state index in [9.17, 15) is 17.6 Å². The Kier molecular flexibility index (Phi) is 7.00. The van der Waals surface area contributed by atoms with Gasteiger partial charge in [0.05, 0.1) is 4.90 Å². The molecule has 8 heteroatoms. The number of hydrogen-bond acceptors (Lipinski definition) is 4. The van der Waals surface area contributed by atoms with Crippen molar-refractivity contribution >= 4 is 21.6 Å². The van der Waals surface area contributed by atoms with Crippen molar-refractivity contribution in [2.75, 3.05) is 24.5 Å². The van der Waals surface area contributed by atoms with E-state index in [1.807, 2.05) is 19.1 Å². The topological polar surface area (TPSA) is 84.5 Å². The second kappa shape index (κ2) is 9.95. The first-order chi connectivity index (χ1) is 16.3. The van der Waals surface area contributed by atoms with E-state index in [2.05, 4.69) is 10.0 Å². The lowest BCUT2D eigenvalue weighted by Gasteiger charge is -2.38. The van der Waals surface area contributed by atoms with Gasteiger partial charge in [0.25, 0.3) is 15.9 Å². The van der Waals surface area contributed by atoms with Crippen molar-refractivity contribution in [2.45, 2.75) is 30.1 Å². The molecule has 0 unspecified atom stereocenters. The molecule has 3 aromatic rings. The Balaban J connectivity index is 1.50. The molecule has 4 rings (SSSR count). The number of sulfonamides is 1. The molecule has 1 aliphatic heterocycles. The molecule has 3 aromatic carbocycles. The van der Waals surface area contributed by atoms with Gasteiger partial charge in [0, 0.05) is 36.4 Å². The van der Waals surface area contributed by atoms with Crippen molar-refractivity contribution in [1.29, 1.82) is 0 Å². The number of carbonyl (C=O) groups excluding carboxylic acids is 1. The van der Waals surface area contributed by atoms with E-state index in [-0.39, 0.29) is 27.6 Å². The number of benzene rings is 3. The van der Waals surface area contributed by atoms with Crippen LogP contribution in [0.5, 0.6) is 0 Å². The van der Waals surface area contributed by atoms with E-state index in [1.54, 1.807) is 36.4 Å². The molecular formula is C26H27FN2O4S. The summed E-state index contributed by atoms with van der Waals surface area (Å²) < 4.78 is 47.2. The quantitative estimate of drug-likeness (QED) is 0.522. The molecule has 34 heavy (non-hydrogen) atoms. The first-order valence-electron chi connectivity index (χ1n) is 11.1. The van der Waals surface area contributed by atoms with E-state index >= 15 is 0 Å². The highest BCUT2D eigenvalue weighted by molar-refractivity contribution is 7.92. The van der Waals surface area contributed by atoms with Gasteiger partial charge in [0.1, 0.15) is 5.82 Å². The molecule has 2 N–H and O–H groups in total. The molecule has 0 saturated carbocycles. The van der Waals surface area contributed by atoms with Crippen LogP contribution >= 0.6 is 0 Å². The number of ether oxygens (including phenoxy) is 1. The van der Waals surface area contributed by atoms with Crippen LogP contribution < -0.4 is 10.0 Å². The number of halogens is 1. The van der Waals surface area contributed by atoms with Crippen LogP contribution in [0.15, 0.2) is 77.7 Å². The summed E-state index contributed by atoms with van der Waals surface area (Å²) in [7, 11) is -3.86. The minimum atomic E-state index is -3.86. The molecule has 0 spiro atoms. The van der Waals surface area contributed by atoms with Crippen molar-refractivity contribution in [3.05, 3.63) is 95.3 Å². The number of amides is 1. The Morgan fingerprint density at radius 2 is 1.68 bits per heavy atom. The molecule has 0 aromatic heterocycles. The van der Waals surface area contributed by atoms with Gasteiger partial charge in [0.15, 0.2) is 0 Å². The third-order valence-electron chi connectivity index (χ3n) is 6.20. The number of anilines is 1. The minimum absolute atomic E-state index is 0.0000363. The van der Waals surface area contributed by atoms with Crippen molar-refractivity contribution in [3.8, 4) is 0 Å². The first-order valence-corrected chi connectivity index (χ1v) is 12.6. The molecule has 0 atom stereocenters. The molecule has 1 saturated heterocycles. The van der Waals surface area contributed by atoms with Gasteiger partial charge < -0.3 is 10.1 Å². The fourth-order valence-electron chi connectivity index (χ4n) is 4.12.